The van der Waals surface area contributed by atoms with Gasteiger partial charge in [-0.05, 0) is 87.7 Å². The first-order valence-corrected chi connectivity index (χ1v) is 23.5. The van der Waals surface area contributed by atoms with Gasteiger partial charge >= 0.3 is 5.97 Å². The van der Waals surface area contributed by atoms with Crippen molar-refractivity contribution < 1.29 is 23.8 Å². The monoisotopic (exact) mass is 782 g/mol. The number of amides is 1. The molecular weight excluding hydrogens is 725 g/mol. The Morgan fingerprint density at radius 3 is 2.55 bits per heavy atom. The highest BCUT2D eigenvalue weighted by atomic mass is 28.3. The number of fused-ring (bicyclic) bond motifs is 1. The largest absolute Gasteiger partial charge is 0.457 e. The van der Waals surface area contributed by atoms with Crippen LogP contribution in [-0.2, 0) is 32.3 Å². The summed E-state index contributed by atoms with van der Waals surface area (Å²) in [5, 5.41) is 7.55. The fraction of sp³-hybridized carbons (Fsp3) is 0.500. The Balaban J connectivity index is 1.09. The van der Waals surface area contributed by atoms with E-state index in [1.165, 1.54) is 6.08 Å². The SMILES string of the molecule is CC(C)(C)OC(=O)/C=C/CN[C@@H]1CCCN(Cc2ccnc(C(=O)Nc3ccc(-c4cc5c(N6CCOCC6)ncnc5n4COCC[Si](C)(C)C)cc3)c2)C1. The minimum atomic E-state index is -1.25. The van der Waals surface area contributed by atoms with Crippen molar-refractivity contribution in [2.24, 2.45) is 0 Å². The van der Waals surface area contributed by atoms with Gasteiger partial charge in [-0.2, -0.15) is 0 Å². The van der Waals surface area contributed by atoms with Crippen LogP contribution in [0.1, 0.15) is 49.7 Å². The molecule has 2 fully saturated rings. The molecule has 13 nitrogen and oxygen atoms in total. The molecule has 6 rings (SSSR count). The predicted molar refractivity (Wildman–Crippen MR) is 224 cm³/mol. The molecule has 0 aliphatic carbocycles. The summed E-state index contributed by atoms with van der Waals surface area (Å²) < 4.78 is 19.3. The number of nitrogens with zero attached hydrogens (tertiary/aromatic N) is 6. The van der Waals surface area contributed by atoms with Gasteiger partial charge in [0.15, 0.2) is 0 Å². The number of rotatable bonds is 15. The predicted octanol–water partition coefficient (Wildman–Crippen LogP) is 6.35. The van der Waals surface area contributed by atoms with Crippen LogP contribution in [0.4, 0.5) is 11.5 Å². The minimum Gasteiger partial charge on any atom is -0.457 e. The van der Waals surface area contributed by atoms with Crippen molar-refractivity contribution >= 4 is 42.5 Å². The van der Waals surface area contributed by atoms with E-state index < -0.39 is 13.7 Å². The Labute approximate surface area is 331 Å². The number of benzene rings is 1. The number of ether oxygens (including phenoxy) is 3. The molecule has 0 radical (unpaired) electrons. The third kappa shape index (κ3) is 11.8. The number of pyridine rings is 1. The molecule has 14 heteroatoms. The Hall–Kier alpha value is -4.47. The number of anilines is 2. The van der Waals surface area contributed by atoms with E-state index in [0.717, 1.165) is 85.3 Å². The van der Waals surface area contributed by atoms with Gasteiger partial charge in [-0.1, -0.05) is 37.8 Å². The van der Waals surface area contributed by atoms with Crippen LogP contribution in [0.2, 0.25) is 25.7 Å². The van der Waals surface area contributed by atoms with Gasteiger partial charge in [0.2, 0.25) is 0 Å². The quantitative estimate of drug-likeness (QED) is 0.0605. The van der Waals surface area contributed by atoms with Crippen molar-refractivity contribution in [2.45, 2.75) is 84.2 Å². The topological polar surface area (TPSA) is 136 Å². The fourth-order valence-electron chi connectivity index (χ4n) is 6.95. The number of hydrogen-bond donors (Lipinski definition) is 2. The first-order chi connectivity index (χ1) is 26.8. The van der Waals surface area contributed by atoms with Crippen molar-refractivity contribution in [3.05, 3.63) is 78.4 Å². The number of likely N-dealkylation sites (tertiary alicyclic amines) is 1. The molecule has 3 aromatic heterocycles. The lowest BCUT2D eigenvalue weighted by Crippen LogP contribution is -2.45. The fourth-order valence-corrected chi connectivity index (χ4v) is 7.70. The minimum absolute atomic E-state index is 0.259. The number of carbonyl (C=O) groups excluding carboxylic acids is 2. The number of morpholine rings is 1. The summed E-state index contributed by atoms with van der Waals surface area (Å²) in [4.78, 5) is 43.8. The van der Waals surface area contributed by atoms with Crippen LogP contribution in [0.25, 0.3) is 22.3 Å². The maximum absolute atomic E-state index is 13.4. The standard InChI is InChI=1S/C42H58N8O5Si/c1-42(2,3)55-38(51)10-7-16-43-34-9-8-18-48(28-34)27-31-15-17-44-36(25-31)41(52)47-33-13-11-32(12-14-33)37-26-35-39(49-19-21-53-22-20-49)45-29-46-40(35)50(37)30-54-23-24-56(4,5)6/h7,10-15,17,25-26,29,34,43H,8-9,16,18-24,27-28,30H2,1-6H3,(H,47,52)/b10-7+/t34-/m1/s1. The average Bonchev–Trinajstić information content (AvgIpc) is 3.53. The lowest BCUT2D eigenvalue weighted by molar-refractivity contribution is -0.148. The van der Waals surface area contributed by atoms with E-state index in [1.807, 2.05) is 63.2 Å². The Morgan fingerprint density at radius 1 is 1.02 bits per heavy atom. The molecule has 5 heterocycles. The first-order valence-electron chi connectivity index (χ1n) is 19.8. The summed E-state index contributed by atoms with van der Waals surface area (Å²) in [5.74, 6) is 0.312. The second-order valence-corrected chi connectivity index (χ2v) is 22.5. The molecular formula is C42H58N8O5Si. The molecule has 0 saturated carbocycles. The van der Waals surface area contributed by atoms with Crippen LogP contribution < -0.4 is 15.5 Å². The zero-order chi connectivity index (χ0) is 39.7. The second kappa shape index (κ2) is 18.6. The molecule has 0 spiro atoms. The number of aromatic nitrogens is 4. The van der Waals surface area contributed by atoms with Crippen LogP contribution in [0.5, 0.6) is 0 Å². The van der Waals surface area contributed by atoms with Gasteiger partial charge in [0.05, 0.1) is 24.3 Å². The molecule has 0 bridgehead atoms. The third-order valence-corrected chi connectivity index (χ3v) is 11.5. The highest BCUT2D eigenvalue weighted by Gasteiger charge is 2.23. The molecule has 1 aromatic carbocycles. The van der Waals surface area contributed by atoms with Gasteiger partial charge in [0, 0.05) is 71.4 Å². The van der Waals surface area contributed by atoms with Gasteiger partial charge in [-0.3, -0.25) is 14.7 Å². The number of esters is 1. The zero-order valence-corrected chi connectivity index (χ0v) is 34.8. The van der Waals surface area contributed by atoms with Crippen LogP contribution in [-0.4, -0.2) is 109 Å². The van der Waals surface area contributed by atoms with Crippen molar-refractivity contribution in [1.29, 1.82) is 0 Å². The normalized spacial score (nSPS) is 17.1. The number of piperidine rings is 1. The molecule has 2 aliphatic rings. The van der Waals surface area contributed by atoms with E-state index in [0.29, 0.717) is 50.5 Å². The summed E-state index contributed by atoms with van der Waals surface area (Å²) in [6.07, 6.45) is 8.77. The van der Waals surface area contributed by atoms with Gasteiger partial charge < -0.3 is 34.3 Å². The van der Waals surface area contributed by atoms with E-state index in [2.05, 4.69) is 60.7 Å². The van der Waals surface area contributed by atoms with Gasteiger partial charge in [0.25, 0.3) is 5.91 Å². The highest BCUT2D eigenvalue weighted by molar-refractivity contribution is 6.76. The molecule has 300 valence electrons. The Bertz CT molecular complexity index is 1960. The summed E-state index contributed by atoms with van der Waals surface area (Å²) in [6.45, 7) is 19.8. The van der Waals surface area contributed by atoms with E-state index >= 15 is 0 Å². The van der Waals surface area contributed by atoms with E-state index in [-0.39, 0.29) is 11.9 Å². The van der Waals surface area contributed by atoms with Gasteiger partial charge in [-0.15, -0.1) is 0 Å². The number of carbonyl (C=O) groups is 2. The lowest BCUT2D eigenvalue weighted by Gasteiger charge is -2.33. The summed E-state index contributed by atoms with van der Waals surface area (Å²) in [6, 6.07) is 15.2. The third-order valence-electron chi connectivity index (χ3n) is 9.79. The van der Waals surface area contributed by atoms with Crippen molar-refractivity contribution in [1.82, 2.24) is 29.7 Å². The molecule has 0 unspecified atom stereocenters. The second-order valence-electron chi connectivity index (χ2n) is 16.8. The molecule has 4 aromatic rings. The van der Waals surface area contributed by atoms with E-state index in [4.69, 9.17) is 19.2 Å². The number of hydrogen-bond acceptors (Lipinski definition) is 11. The molecule has 56 heavy (non-hydrogen) atoms. The summed E-state index contributed by atoms with van der Waals surface area (Å²) in [7, 11) is -1.25. The maximum Gasteiger partial charge on any atom is 0.330 e. The summed E-state index contributed by atoms with van der Waals surface area (Å²) >= 11 is 0. The highest BCUT2D eigenvalue weighted by Crippen LogP contribution is 2.33. The molecule has 2 N–H and O–H groups in total. The van der Waals surface area contributed by atoms with E-state index in [9.17, 15) is 9.59 Å². The molecule has 2 saturated heterocycles. The maximum atomic E-state index is 13.4. The van der Waals surface area contributed by atoms with E-state index in [1.54, 1.807) is 12.5 Å². The average molecular weight is 783 g/mol. The lowest BCUT2D eigenvalue weighted by atomic mass is 10.0. The molecule has 1 amide bonds. The van der Waals surface area contributed by atoms with Crippen molar-refractivity contribution in [3.63, 3.8) is 0 Å². The van der Waals surface area contributed by atoms with Crippen LogP contribution in [0, 0.1) is 0 Å². The Morgan fingerprint density at radius 2 is 1.80 bits per heavy atom. The van der Waals surface area contributed by atoms with Crippen LogP contribution >= 0.6 is 0 Å². The van der Waals surface area contributed by atoms with Crippen molar-refractivity contribution in [3.8, 4) is 11.3 Å². The molecule has 1 atom stereocenters. The van der Waals surface area contributed by atoms with Crippen LogP contribution in [0.15, 0.2) is 67.1 Å². The Kier molecular flexibility index (Phi) is 13.7. The van der Waals surface area contributed by atoms with Crippen molar-refractivity contribution in [2.75, 3.05) is 62.8 Å². The first kappa shape index (κ1) is 41.2. The summed E-state index contributed by atoms with van der Waals surface area (Å²) in [5.41, 5.74) is 4.37. The number of nitrogens with one attached hydrogen (secondary N) is 2. The molecule has 2 aliphatic heterocycles. The van der Waals surface area contributed by atoms with Crippen LogP contribution in [0.3, 0.4) is 0 Å². The smallest absolute Gasteiger partial charge is 0.330 e. The van der Waals surface area contributed by atoms with Gasteiger partial charge in [-0.25, -0.2) is 14.8 Å². The van der Waals surface area contributed by atoms with Gasteiger partial charge in [0.1, 0.15) is 35.8 Å². The zero-order valence-electron chi connectivity index (χ0n) is 33.8.